The maximum Gasteiger partial charge on any atom is 0.228 e. The van der Waals surface area contributed by atoms with Crippen LogP contribution in [0.1, 0.15) is 31.4 Å². The lowest BCUT2D eigenvalue weighted by molar-refractivity contribution is -0.138. The number of hydrogen-bond donors (Lipinski definition) is 0. The van der Waals surface area contributed by atoms with Crippen LogP contribution in [-0.4, -0.2) is 65.3 Å². The molecule has 1 atom stereocenters. The topological polar surface area (TPSA) is 57.0 Å². The van der Waals surface area contributed by atoms with E-state index in [9.17, 15) is 9.59 Å². The van der Waals surface area contributed by atoms with E-state index in [2.05, 4.69) is 4.90 Å². The van der Waals surface area contributed by atoms with Crippen molar-refractivity contribution in [2.24, 2.45) is 5.92 Å². The fourth-order valence-corrected chi connectivity index (χ4v) is 4.00. The van der Waals surface area contributed by atoms with Crippen molar-refractivity contribution in [1.82, 2.24) is 14.7 Å². The summed E-state index contributed by atoms with van der Waals surface area (Å²) in [7, 11) is 0. The summed E-state index contributed by atoms with van der Waals surface area (Å²) in [4.78, 5) is 31.2. The summed E-state index contributed by atoms with van der Waals surface area (Å²) in [6.07, 6.45) is 5.92. The zero-order valence-corrected chi connectivity index (χ0v) is 14.0. The number of carbonyl (C=O) groups is 2. The van der Waals surface area contributed by atoms with Gasteiger partial charge in [0.25, 0.3) is 0 Å². The van der Waals surface area contributed by atoms with E-state index in [-0.39, 0.29) is 17.7 Å². The Labute approximate surface area is 142 Å². The summed E-state index contributed by atoms with van der Waals surface area (Å²) < 4.78 is 5.31. The molecule has 6 nitrogen and oxygen atoms in total. The predicted molar refractivity (Wildman–Crippen MR) is 88.0 cm³/mol. The Bertz CT molecular complexity index is 589. The minimum Gasteiger partial charge on any atom is -0.467 e. The molecular weight excluding hydrogens is 306 g/mol. The van der Waals surface area contributed by atoms with Gasteiger partial charge in [0.15, 0.2) is 0 Å². The third-order valence-corrected chi connectivity index (χ3v) is 5.71. The number of likely N-dealkylation sites (tertiary alicyclic amines) is 1. The van der Waals surface area contributed by atoms with Crippen LogP contribution >= 0.6 is 0 Å². The lowest BCUT2D eigenvalue weighted by Crippen LogP contribution is -2.54. The van der Waals surface area contributed by atoms with E-state index in [1.54, 1.807) is 11.2 Å². The van der Waals surface area contributed by atoms with Crippen molar-refractivity contribution in [3.8, 4) is 0 Å². The first kappa shape index (κ1) is 15.7. The van der Waals surface area contributed by atoms with Crippen LogP contribution in [0, 0.1) is 5.92 Å². The summed E-state index contributed by atoms with van der Waals surface area (Å²) in [5.41, 5.74) is 0. The third kappa shape index (κ3) is 3.07. The smallest absolute Gasteiger partial charge is 0.228 e. The fraction of sp³-hybridized carbons (Fsp3) is 0.667. The Morgan fingerprint density at radius 1 is 1.21 bits per heavy atom. The Morgan fingerprint density at radius 3 is 2.62 bits per heavy atom. The maximum atomic E-state index is 12.8. The van der Waals surface area contributed by atoms with Gasteiger partial charge in [-0.15, -0.1) is 0 Å². The highest BCUT2D eigenvalue weighted by molar-refractivity contribution is 5.89. The Kier molecular flexibility index (Phi) is 4.31. The maximum absolute atomic E-state index is 12.8. The third-order valence-electron chi connectivity index (χ3n) is 5.71. The van der Waals surface area contributed by atoms with Crippen LogP contribution < -0.4 is 0 Å². The van der Waals surface area contributed by atoms with Gasteiger partial charge in [0.2, 0.25) is 11.8 Å². The van der Waals surface area contributed by atoms with Crippen LogP contribution in [-0.2, 0) is 16.1 Å². The van der Waals surface area contributed by atoms with E-state index in [0.29, 0.717) is 19.5 Å². The Hall–Kier alpha value is -1.82. The second-order valence-electron chi connectivity index (χ2n) is 7.20. The monoisotopic (exact) mass is 331 g/mol. The quantitative estimate of drug-likeness (QED) is 0.835. The van der Waals surface area contributed by atoms with Crippen LogP contribution in [0.25, 0.3) is 0 Å². The average Bonchev–Trinajstić information content (AvgIpc) is 3.17. The van der Waals surface area contributed by atoms with Gasteiger partial charge in [0.05, 0.1) is 18.7 Å². The van der Waals surface area contributed by atoms with Gasteiger partial charge < -0.3 is 14.2 Å². The molecule has 2 saturated heterocycles. The highest BCUT2D eigenvalue weighted by Crippen LogP contribution is 2.27. The van der Waals surface area contributed by atoms with Crippen molar-refractivity contribution in [2.75, 3.05) is 32.7 Å². The van der Waals surface area contributed by atoms with Crippen LogP contribution in [0.15, 0.2) is 22.8 Å². The number of piperazine rings is 1. The highest BCUT2D eigenvalue weighted by atomic mass is 16.3. The van der Waals surface area contributed by atoms with E-state index >= 15 is 0 Å². The largest absolute Gasteiger partial charge is 0.467 e. The van der Waals surface area contributed by atoms with Crippen LogP contribution in [0.4, 0.5) is 0 Å². The summed E-state index contributed by atoms with van der Waals surface area (Å²) in [6.45, 7) is 4.54. The molecule has 3 aliphatic rings. The van der Waals surface area contributed by atoms with E-state index in [1.165, 1.54) is 19.3 Å². The second-order valence-corrected chi connectivity index (χ2v) is 7.20. The summed E-state index contributed by atoms with van der Waals surface area (Å²) in [5.74, 6) is 0.782. The van der Waals surface area contributed by atoms with Gasteiger partial charge in [-0.1, -0.05) is 6.42 Å². The first-order valence-electron chi connectivity index (χ1n) is 9.03. The van der Waals surface area contributed by atoms with Gasteiger partial charge in [-0.2, -0.15) is 0 Å². The van der Waals surface area contributed by atoms with Crippen molar-refractivity contribution in [1.29, 1.82) is 0 Å². The summed E-state index contributed by atoms with van der Waals surface area (Å²) in [5, 5.41) is 0. The molecule has 4 rings (SSSR count). The standard InChI is InChI=1S/C18H25N3O3/c22-17-11-14(12-21(17)13-16-5-2-10-24-16)18(23)20-8-6-19(7-9-20)15-3-1-4-15/h2,5,10,14-15H,1,3-4,6-9,11-13H2. The van der Waals surface area contributed by atoms with Gasteiger partial charge in [-0.3, -0.25) is 14.5 Å². The zero-order valence-electron chi connectivity index (χ0n) is 14.0. The molecule has 0 radical (unpaired) electrons. The molecular formula is C18H25N3O3. The lowest BCUT2D eigenvalue weighted by Gasteiger charge is -2.43. The molecule has 0 aromatic carbocycles. The Morgan fingerprint density at radius 2 is 2.00 bits per heavy atom. The number of amides is 2. The minimum absolute atomic E-state index is 0.0536. The molecule has 1 saturated carbocycles. The van der Waals surface area contributed by atoms with Gasteiger partial charge >= 0.3 is 0 Å². The fourth-order valence-electron chi connectivity index (χ4n) is 4.00. The van der Waals surface area contributed by atoms with Gasteiger partial charge in [-0.25, -0.2) is 0 Å². The number of hydrogen-bond acceptors (Lipinski definition) is 4. The number of rotatable bonds is 4. The van der Waals surface area contributed by atoms with E-state index < -0.39 is 0 Å². The van der Waals surface area contributed by atoms with Crippen LogP contribution in [0.2, 0.25) is 0 Å². The highest BCUT2D eigenvalue weighted by Gasteiger charge is 2.38. The molecule has 0 N–H and O–H groups in total. The average molecular weight is 331 g/mol. The van der Waals surface area contributed by atoms with Gasteiger partial charge in [-0.05, 0) is 25.0 Å². The molecule has 3 heterocycles. The van der Waals surface area contributed by atoms with Crippen molar-refractivity contribution in [3.05, 3.63) is 24.2 Å². The second kappa shape index (κ2) is 6.59. The molecule has 1 aromatic heterocycles. The van der Waals surface area contributed by atoms with Gasteiger partial charge in [0, 0.05) is 45.2 Å². The molecule has 2 amide bonds. The lowest BCUT2D eigenvalue weighted by atomic mass is 9.91. The number of furan rings is 1. The molecule has 0 spiro atoms. The molecule has 1 aliphatic carbocycles. The SMILES string of the molecule is O=C1CC(C(=O)N2CCN(C3CCC3)CC2)CN1Cc1ccco1. The van der Waals surface area contributed by atoms with E-state index in [1.807, 2.05) is 17.0 Å². The number of carbonyl (C=O) groups excluding carboxylic acids is 2. The van der Waals surface area contributed by atoms with E-state index in [0.717, 1.165) is 38.0 Å². The summed E-state index contributed by atoms with van der Waals surface area (Å²) >= 11 is 0. The van der Waals surface area contributed by atoms with Crippen molar-refractivity contribution < 1.29 is 14.0 Å². The predicted octanol–water partition coefficient (Wildman–Crippen LogP) is 1.32. The molecule has 130 valence electrons. The van der Waals surface area contributed by atoms with Crippen molar-refractivity contribution in [2.45, 2.75) is 38.3 Å². The number of nitrogens with zero attached hydrogens (tertiary/aromatic N) is 3. The van der Waals surface area contributed by atoms with Crippen LogP contribution in [0.5, 0.6) is 0 Å². The van der Waals surface area contributed by atoms with Crippen molar-refractivity contribution in [3.63, 3.8) is 0 Å². The Balaban J connectivity index is 1.29. The van der Waals surface area contributed by atoms with Gasteiger partial charge in [0.1, 0.15) is 5.76 Å². The van der Waals surface area contributed by atoms with Crippen molar-refractivity contribution >= 4 is 11.8 Å². The zero-order chi connectivity index (χ0) is 16.5. The first-order valence-corrected chi connectivity index (χ1v) is 9.03. The first-order chi connectivity index (χ1) is 11.7. The molecule has 2 aliphatic heterocycles. The molecule has 3 fully saturated rings. The molecule has 1 unspecified atom stereocenters. The summed E-state index contributed by atoms with van der Waals surface area (Å²) in [6, 6.07) is 4.43. The molecule has 24 heavy (non-hydrogen) atoms. The normalized spacial score (nSPS) is 26.0. The molecule has 1 aromatic rings. The van der Waals surface area contributed by atoms with E-state index in [4.69, 9.17) is 4.42 Å². The molecule has 6 heteroatoms. The molecule has 0 bridgehead atoms. The van der Waals surface area contributed by atoms with Crippen LogP contribution in [0.3, 0.4) is 0 Å². The minimum atomic E-state index is -0.192.